The van der Waals surface area contributed by atoms with Crippen molar-refractivity contribution >= 4 is 19.1 Å². The third kappa shape index (κ3) is 6.77. The molecule has 1 fully saturated rings. The molecular weight excluding hydrogens is 261 g/mol. The van der Waals surface area contributed by atoms with Gasteiger partial charge in [-0.25, -0.2) is 4.79 Å². The van der Waals surface area contributed by atoms with E-state index in [2.05, 4.69) is 10.6 Å². The monoisotopic (exact) mass is 285 g/mol. The lowest BCUT2D eigenvalue weighted by Crippen LogP contribution is -2.52. The minimum absolute atomic E-state index is 0.158. The molecule has 114 valence electrons. The van der Waals surface area contributed by atoms with Gasteiger partial charge in [-0.3, -0.25) is 4.79 Å². The van der Waals surface area contributed by atoms with E-state index in [4.69, 9.17) is 5.73 Å². The molecule has 6 N–H and O–H groups in total. The van der Waals surface area contributed by atoms with Gasteiger partial charge in [-0.05, 0) is 25.7 Å². The standard InChI is InChI=1S/C12H24BN3O4/c14-11(17)8-4-7-10(13(19)20)16-12(18)15-9-5-2-1-3-6-9/h9-10,19-20H,1-8H2,(H2,14,17)(H2,15,16,18). The van der Waals surface area contributed by atoms with Crippen molar-refractivity contribution in [3.63, 3.8) is 0 Å². The zero-order valence-corrected chi connectivity index (χ0v) is 11.7. The Labute approximate surface area is 119 Å². The first-order valence-electron chi connectivity index (χ1n) is 7.20. The maximum atomic E-state index is 11.8. The third-order valence-electron chi connectivity index (χ3n) is 3.56. The fourth-order valence-corrected chi connectivity index (χ4v) is 2.43. The Hall–Kier alpha value is -1.28. The molecule has 0 heterocycles. The Morgan fingerprint density at radius 2 is 1.90 bits per heavy atom. The van der Waals surface area contributed by atoms with Crippen LogP contribution in [0.1, 0.15) is 51.4 Å². The number of primary amides is 1. The van der Waals surface area contributed by atoms with E-state index in [1.54, 1.807) is 0 Å². The molecule has 0 radical (unpaired) electrons. The van der Waals surface area contributed by atoms with Crippen LogP contribution in [0.15, 0.2) is 0 Å². The van der Waals surface area contributed by atoms with Gasteiger partial charge in [0.2, 0.25) is 5.91 Å². The van der Waals surface area contributed by atoms with Crippen LogP contribution in [0, 0.1) is 0 Å². The van der Waals surface area contributed by atoms with Gasteiger partial charge < -0.3 is 26.4 Å². The Balaban J connectivity index is 2.31. The lowest BCUT2D eigenvalue weighted by atomic mass is 9.76. The molecule has 20 heavy (non-hydrogen) atoms. The van der Waals surface area contributed by atoms with Crippen LogP contribution >= 0.6 is 0 Å². The molecule has 3 amide bonds. The smallest absolute Gasteiger partial charge is 0.426 e. The summed E-state index contributed by atoms with van der Waals surface area (Å²) < 4.78 is 0. The molecule has 1 atom stereocenters. The van der Waals surface area contributed by atoms with Crippen LogP contribution in [0.5, 0.6) is 0 Å². The first-order valence-corrected chi connectivity index (χ1v) is 7.20. The molecule has 1 unspecified atom stereocenters. The number of carbonyl (C=O) groups is 2. The van der Waals surface area contributed by atoms with Gasteiger partial charge in [-0.1, -0.05) is 19.3 Å². The highest BCUT2D eigenvalue weighted by atomic mass is 16.4. The fourth-order valence-electron chi connectivity index (χ4n) is 2.43. The highest BCUT2D eigenvalue weighted by Gasteiger charge is 2.26. The maximum Gasteiger partial charge on any atom is 0.475 e. The van der Waals surface area contributed by atoms with Crippen molar-refractivity contribution in [3.05, 3.63) is 0 Å². The summed E-state index contributed by atoms with van der Waals surface area (Å²) in [5.41, 5.74) is 5.02. The Bertz CT molecular complexity index is 322. The molecule has 7 nitrogen and oxygen atoms in total. The average molecular weight is 285 g/mol. The second-order valence-corrected chi connectivity index (χ2v) is 5.33. The number of amides is 3. The molecule has 8 heteroatoms. The van der Waals surface area contributed by atoms with Crippen molar-refractivity contribution in [1.29, 1.82) is 0 Å². The molecule has 0 aliphatic heterocycles. The van der Waals surface area contributed by atoms with Crippen LogP contribution in [0.3, 0.4) is 0 Å². The quantitative estimate of drug-likeness (QED) is 0.410. The Kier molecular flexibility index (Phi) is 7.39. The van der Waals surface area contributed by atoms with E-state index in [1.165, 1.54) is 6.42 Å². The maximum absolute atomic E-state index is 11.8. The summed E-state index contributed by atoms with van der Waals surface area (Å²) in [5.74, 6) is -1.24. The van der Waals surface area contributed by atoms with Crippen molar-refractivity contribution in [1.82, 2.24) is 10.6 Å². The number of urea groups is 1. The molecular formula is C12H24BN3O4. The van der Waals surface area contributed by atoms with E-state index in [0.29, 0.717) is 12.8 Å². The highest BCUT2D eigenvalue weighted by molar-refractivity contribution is 6.43. The van der Waals surface area contributed by atoms with Gasteiger partial charge >= 0.3 is 13.1 Å². The van der Waals surface area contributed by atoms with E-state index >= 15 is 0 Å². The first kappa shape index (κ1) is 16.8. The van der Waals surface area contributed by atoms with Gasteiger partial charge in [0.1, 0.15) is 0 Å². The molecule has 0 aromatic heterocycles. The van der Waals surface area contributed by atoms with Gasteiger partial charge in [0.15, 0.2) is 0 Å². The molecule has 1 saturated carbocycles. The van der Waals surface area contributed by atoms with Gasteiger partial charge in [0, 0.05) is 12.5 Å². The van der Waals surface area contributed by atoms with Crippen LogP contribution in [0.25, 0.3) is 0 Å². The SMILES string of the molecule is NC(=O)CCCC(NC(=O)NC1CCCCC1)B(O)O. The van der Waals surface area contributed by atoms with E-state index in [-0.39, 0.29) is 12.5 Å². The lowest BCUT2D eigenvalue weighted by molar-refractivity contribution is -0.118. The van der Waals surface area contributed by atoms with Gasteiger partial charge in [-0.2, -0.15) is 0 Å². The van der Waals surface area contributed by atoms with Crippen molar-refractivity contribution in [2.45, 2.75) is 63.3 Å². The van der Waals surface area contributed by atoms with Crippen LogP contribution in [0.2, 0.25) is 0 Å². The predicted octanol–water partition coefficient (Wildman–Crippen LogP) is -0.346. The van der Waals surface area contributed by atoms with Gasteiger partial charge in [0.25, 0.3) is 0 Å². The zero-order valence-electron chi connectivity index (χ0n) is 11.7. The van der Waals surface area contributed by atoms with Gasteiger partial charge in [0.05, 0.1) is 5.94 Å². The van der Waals surface area contributed by atoms with E-state index in [1.807, 2.05) is 0 Å². The van der Waals surface area contributed by atoms with Crippen LogP contribution in [-0.2, 0) is 4.79 Å². The summed E-state index contributed by atoms with van der Waals surface area (Å²) in [4.78, 5) is 22.4. The number of rotatable bonds is 7. The minimum atomic E-state index is -1.65. The van der Waals surface area contributed by atoms with Crippen LogP contribution < -0.4 is 16.4 Å². The van der Waals surface area contributed by atoms with Crippen LogP contribution in [-0.4, -0.2) is 41.1 Å². The molecule has 0 bridgehead atoms. The molecule has 1 aliphatic rings. The molecule has 0 aromatic carbocycles. The van der Waals surface area contributed by atoms with Crippen molar-refractivity contribution in [2.75, 3.05) is 0 Å². The number of nitrogens with one attached hydrogen (secondary N) is 2. The zero-order chi connectivity index (χ0) is 15.0. The second kappa shape index (κ2) is 8.81. The lowest BCUT2D eigenvalue weighted by Gasteiger charge is -2.25. The summed E-state index contributed by atoms with van der Waals surface area (Å²) in [6.45, 7) is 0. The molecule has 1 aliphatic carbocycles. The number of hydrogen-bond donors (Lipinski definition) is 5. The number of nitrogens with two attached hydrogens (primary N) is 1. The first-order chi connectivity index (χ1) is 9.49. The van der Waals surface area contributed by atoms with Crippen molar-refractivity contribution in [2.24, 2.45) is 5.73 Å². The van der Waals surface area contributed by atoms with Crippen LogP contribution in [0.4, 0.5) is 4.79 Å². The summed E-state index contributed by atoms with van der Waals surface area (Å²) in [6.07, 6.45) is 6.19. The molecule has 1 rings (SSSR count). The normalized spacial score (nSPS) is 17.3. The van der Waals surface area contributed by atoms with E-state index in [0.717, 1.165) is 25.7 Å². The average Bonchev–Trinajstić information content (AvgIpc) is 2.38. The topological polar surface area (TPSA) is 125 Å². The fraction of sp³-hybridized carbons (Fsp3) is 0.833. The molecule has 0 spiro atoms. The van der Waals surface area contributed by atoms with Gasteiger partial charge in [-0.15, -0.1) is 0 Å². The predicted molar refractivity (Wildman–Crippen MR) is 75.6 cm³/mol. The summed E-state index contributed by atoms with van der Waals surface area (Å²) >= 11 is 0. The van der Waals surface area contributed by atoms with E-state index in [9.17, 15) is 19.6 Å². The number of carbonyl (C=O) groups excluding carboxylic acids is 2. The third-order valence-corrected chi connectivity index (χ3v) is 3.56. The summed E-state index contributed by atoms with van der Waals surface area (Å²) in [7, 11) is -1.65. The van der Waals surface area contributed by atoms with E-state index < -0.39 is 25.0 Å². The molecule has 0 saturated heterocycles. The minimum Gasteiger partial charge on any atom is -0.426 e. The Morgan fingerprint density at radius 1 is 1.25 bits per heavy atom. The molecule has 0 aromatic rings. The largest absolute Gasteiger partial charge is 0.475 e. The number of hydrogen-bond acceptors (Lipinski definition) is 4. The van der Waals surface area contributed by atoms with Crippen molar-refractivity contribution in [3.8, 4) is 0 Å². The highest BCUT2D eigenvalue weighted by Crippen LogP contribution is 2.17. The van der Waals surface area contributed by atoms with Crippen molar-refractivity contribution < 1.29 is 19.6 Å². The summed E-state index contributed by atoms with van der Waals surface area (Å²) in [6, 6.07) is -0.236. The Morgan fingerprint density at radius 3 is 2.45 bits per heavy atom. The second-order valence-electron chi connectivity index (χ2n) is 5.33. The summed E-state index contributed by atoms with van der Waals surface area (Å²) in [5, 5.41) is 23.8.